The van der Waals surface area contributed by atoms with Gasteiger partial charge < -0.3 is 0 Å². The monoisotopic (exact) mass is 258 g/mol. The Morgan fingerprint density at radius 3 is 2.00 bits per heavy atom. The van der Waals surface area contributed by atoms with E-state index in [0.29, 0.717) is 30.0 Å². The number of unbranched alkanes of at least 4 members (excludes halogenated alkanes) is 2. The Morgan fingerprint density at radius 2 is 1.56 bits per heavy atom. The fraction of sp³-hybridized carbons (Fsp3) is 0.933. The second-order valence-electron chi connectivity index (χ2n) is 5.08. The number of hydrogen-bond acceptors (Lipinski definition) is 2. The molecule has 0 spiro atoms. The highest BCUT2D eigenvalue weighted by Crippen LogP contribution is 2.13. The van der Waals surface area contributed by atoms with Gasteiger partial charge in [-0.3, -0.25) is 4.79 Å². The van der Waals surface area contributed by atoms with E-state index in [4.69, 9.17) is 4.84 Å². The Labute approximate surface area is 113 Å². The Balaban J connectivity index is 4.39. The molecule has 0 aliphatic rings. The lowest BCUT2D eigenvalue weighted by molar-refractivity contribution is -1.10. The van der Waals surface area contributed by atoms with Gasteiger partial charge >= 0.3 is 0 Å². The first-order valence-corrected chi connectivity index (χ1v) is 7.66. The van der Waals surface area contributed by atoms with Gasteiger partial charge in [0.25, 0.3) is 0 Å². The molecule has 0 amide bonds. The molecule has 0 unspecified atom stereocenters. The van der Waals surface area contributed by atoms with Crippen LogP contribution in [0.1, 0.15) is 66.2 Å². The lowest BCUT2D eigenvalue weighted by Crippen LogP contribution is -2.52. The van der Waals surface area contributed by atoms with Gasteiger partial charge in [-0.05, 0) is 26.2 Å². The molecule has 0 aromatic rings. The van der Waals surface area contributed by atoms with Crippen molar-refractivity contribution in [2.24, 2.45) is 0 Å². The van der Waals surface area contributed by atoms with E-state index in [1.165, 1.54) is 6.42 Å². The minimum absolute atomic E-state index is 0.360. The molecule has 108 valence electrons. The van der Waals surface area contributed by atoms with Gasteiger partial charge in [-0.2, -0.15) is 4.65 Å². The van der Waals surface area contributed by atoms with Crippen LogP contribution in [-0.2, 0) is 9.63 Å². The third-order valence-corrected chi connectivity index (χ3v) is 3.19. The highest BCUT2D eigenvalue weighted by Gasteiger charge is 2.30. The van der Waals surface area contributed by atoms with Crippen molar-refractivity contribution in [1.82, 2.24) is 0 Å². The number of ketones is 1. The maximum atomic E-state index is 12.1. The molecule has 0 aromatic heterocycles. The predicted octanol–water partition coefficient (Wildman–Crippen LogP) is 3.72. The molecule has 0 radical (unpaired) electrons. The molecule has 0 saturated heterocycles. The quantitative estimate of drug-likeness (QED) is 0.303. The van der Waals surface area contributed by atoms with Crippen LogP contribution in [0.2, 0.25) is 0 Å². The second kappa shape index (κ2) is 10.5. The average molecular weight is 258 g/mol. The largest absolute Gasteiger partial charge is 0.293 e. The van der Waals surface area contributed by atoms with Crippen LogP contribution < -0.4 is 0 Å². The van der Waals surface area contributed by atoms with Crippen molar-refractivity contribution in [2.45, 2.75) is 66.2 Å². The Hall–Kier alpha value is -0.410. The van der Waals surface area contributed by atoms with E-state index < -0.39 is 0 Å². The number of rotatable bonds is 12. The first-order chi connectivity index (χ1) is 8.64. The lowest BCUT2D eigenvalue weighted by Gasteiger charge is -2.34. The van der Waals surface area contributed by atoms with Gasteiger partial charge in [-0.15, -0.1) is 0 Å². The van der Waals surface area contributed by atoms with Crippen molar-refractivity contribution in [3.05, 3.63) is 0 Å². The molecular weight excluding hydrogens is 226 g/mol. The van der Waals surface area contributed by atoms with Crippen LogP contribution in [0.5, 0.6) is 0 Å². The van der Waals surface area contributed by atoms with E-state index in [1.807, 2.05) is 6.92 Å². The SMILES string of the molecule is CCCCCC(=O)C[N+](CCC)(CCC)OCC. The van der Waals surface area contributed by atoms with Gasteiger partial charge in [0.2, 0.25) is 0 Å². The smallest absolute Gasteiger partial charge is 0.189 e. The number of hydrogen-bond donors (Lipinski definition) is 0. The van der Waals surface area contributed by atoms with E-state index in [1.54, 1.807) is 0 Å². The number of quaternary nitrogens is 1. The van der Waals surface area contributed by atoms with Gasteiger partial charge in [0.05, 0.1) is 0 Å². The summed E-state index contributed by atoms with van der Waals surface area (Å²) >= 11 is 0. The zero-order valence-corrected chi connectivity index (χ0v) is 12.8. The molecule has 0 atom stereocenters. The molecule has 0 saturated carbocycles. The minimum atomic E-state index is 0.360. The number of carbonyl (C=O) groups excluding carboxylic acids is 1. The van der Waals surface area contributed by atoms with Crippen molar-refractivity contribution in [3.8, 4) is 0 Å². The molecule has 0 rings (SSSR count). The zero-order valence-electron chi connectivity index (χ0n) is 12.8. The molecule has 0 fully saturated rings. The molecule has 0 aliphatic heterocycles. The first-order valence-electron chi connectivity index (χ1n) is 7.66. The van der Waals surface area contributed by atoms with E-state index in [9.17, 15) is 4.79 Å². The summed E-state index contributed by atoms with van der Waals surface area (Å²) in [6.07, 6.45) is 6.18. The highest BCUT2D eigenvalue weighted by molar-refractivity contribution is 5.79. The standard InChI is InChI=1S/C15H32NO2/c1-5-9-10-11-15(17)14-16(12-6-2,13-7-3)18-8-4/h5-14H2,1-4H3/q+1. The molecular formula is C15H32NO2+. The van der Waals surface area contributed by atoms with Crippen LogP contribution in [0, 0.1) is 0 Å². The summed E-state index contributed by atoms with van der Waals surface area (Å²) in [5.41, 5.74) is 0. The van der Waals surface area contributed by atoms with Crippen molar-refractivity contribution in [3.63, 3.8) is 0 Å². The summed E-state index contributed by atoms with van der Waals surface area (Å²) in [6, 6.07) is 0. The summed E-state index contributed by atoms with van der Waals surface area (Å²) in [5, 5.41) is 0. The molecule has 0 heterocycles. The molecule has 0 bridgehead atoms. The van der Waals surface area contributed by atoms with E-state index in [2.05, 4.69) is 20.8 Å². The average Bonchev–Trinajstić information content (AvgIpc) is 2.30. The Bertz CT molecular complexity index is 200. The van der Waals surface area contributed by atoms with Gasteiger partial charge in [0, 0.05) is 6.42 Å². The predicted molar refractivity (Wildman–Crippen MR) is 76.2 cm³/mol. The fourth-order valence-electron chi connectivity index (χ4n) is 2.51. The zero-order chi connectivity index (χ0) is 13.9. The van der Waals surface area contributed by atoms with E-state index >= 15 is 0 Å². The third-order valence-electron chi connectivity index (χ3n) is 3.19. The molecule has 18 heavy (non-hydrogen) atoms. The molecule has 0 N–H and O–H groups in total. The van der Waals surface area contributed by atoms with Crippen LogP contribution in [0.3, 0.4) is 0 Å². The van der Waals surface area contributed by atoms with Gasteiger partial charge in [0.1, 0.15) is 19.7 Å². The number of nitrogens with zero attached hydrogens (tertiary/aromatic N) is 1. The van der Waals surface area contributed by atoms with Crippen molar-refractivity contribution >= 4 is 5.78 Å². The molecule has 3 nitrogen and oxygen atoms in total. The van der Waals surface area contributed by atoms with Crippen LogP contribution in [0.25, 0.3) is 0 Å². The van der Waals surface area contributed by atoms with Gasteiger partial charge in [-0.1, -0.05) is 33.6 Å². The van der Waals surface area contributed by atoms with E-state index in [0.717, 1.165) is 38.8 Å². The van der Waals surface area contributed by atoms with E-state index in [-0.39, 0.29) is 0 Å². The maximum absolute atomic E-state index is 12.1. The van der Waals surface area contributed by atoms with Crippen LogP contribution >= 0.6 is 0 Å². The maximum Gasteiger partial charge on any atom is 0.189 e. The molecule has 0 aromatic carbocycles. The highest BCUT2D eigenvalue weighted by atomic mass is 16.7. The number of carbonyl (C=O) groups is 1. The Kier molecular flexibility index (Phi) is 10.3. The molecule has 3 heteroatoms. The van der Waals surface area contributed by atoms with Crippen molar-refractivity contribution in [2.75, 3.05) is 26.2 Å². The third kappa shape index (κ3) is 7.12. The fourth-order valence-corrected chi connectivity index (χ4v) is 2.51. The molecule has 0 aliphatic carbocycles. The number of hydroxylamine groups is 3. The van der Waals surface area contributed by atoms with Crippen molar-refractivity contribution in [1.29, 1.82) is 0 Å². The first kappa shape index (κ1) is 17.6. The lowest BCUT2D eigenvalue weighted by atomic mass is 10.1. The summed E-state index contributed by atoms with van der Waals surface area (Å²) in [7, 11) is 0. The van der Waals surface area contributed by atoms with Gasteiger partial charge in [0.15, 0.2) is 12.3 Å². The topological polar surface area (TPSA) is 26.3 Å². The summed E-state index contributed by atoms with van der Waals surface area (Å²) in [6.45, 7) is 11.6. The summed E-state index contributed by atoms with van der Waals surface area (Å²) < 4.78 is 0.536. The minimum Gasteiger partial charge on any atom is -0.293 e. The second-order valence-corrected chi connectivity index (χ2v) is 5.08. The van der Waals surface area contributed by atoms with Crippen LogP contribution in [0.15, 0.2) is 0 Å². The van der Waals surface area contributed by atoms with Crippen LogP contribution in [-0.4, -0.2) is 36.7 Å². The normalized spacial score (nSPS) is 11.8. The summed E-state index contributed by atoms with van der Waals surface area (Å²) in [5.74, 6) is 0.360. The van der Waals surface area contributed by atoms with Crippen LogP contribution in [0.4, 0.5) is 0 Å². The summed E-state index contributed by atoms with van der Waals surface area (Å²) in [4.78, 5) is 18.0. The number of Topliss-reactive ketones (excluding diaryl/α,β-unsaturated/α-hetero) is 1. The van der Waals surface area contributed by atoms with Crippen molar-refractivity contribution < 1.29 is 14.3 Å². The van der Waals surface area contributed by atoms with Gasteiger partial charge in [-0.25, -0.2) is 4.84 Å². The Morgan fingerprint density at radius 1 is 0.944 bits per heavy atom.